The van der Waals surface area contributed by atoms with Crippen LogP contribution in [-0.2, 0) is 13.6 Å². The van der Waals surface area contributed by atoms with Crippen LogP contribution >= 0.6 is 0 Å². The Morgan fingerprint density at radius 3 is 2.82 bits per heavy atom. The van der Waals surface area contributed by atoms with Crippen LogP contribution in [0.5, 0.6) is 0 Å². The quantitative estimate of drug-likeness (QED) is 0.878. The molecule has 0 spiro atoms. The second kappa shape index (κ2) is 5.10. The molecule has 2 rings (SSSR count). The van der Waals surface area contributed by atoms with E-state index in [-0.39, 0.29) is 5.82 Å². The first kappa shape index (κ1) is 11.8. The van der Waals surface area contributed by atoms with Gasteiger partial charge in [0.15, 0.2) is 0 Å². The number of nitrogens with zero attached hydrogens (tertiary/aromatic N) is 2. The maximum Gasteiger partial charge on any atom is 0.142 e. The predicted octanol–water partition coefficient (Wildman–Crippen LogP) is 2.34. The normalized spacial score (nSPS) is 10.8. The zero-order valence-corrected chi connectivity index (χ0v) is 10.1. The molecule has 0 saturated carbocycles. The lowest BCUT2D eigenvalue weighted by Crippen LogP contribution is -2.11. The molecule has 0 unspecified atom stereocenters. The van der Waals surface area contributed by atoms with Gasteiger partial charge in [-0.05, 0) is 24.2 Å². The molecule has 0 aliphatic heterocycles. The Morgan fingerprint density at radius 1 is 1.41 bits per heavy atom. The summed E-state index contributed by atoms with van der Waals surface area (Å²) in [6.45, 7) is 3.59. The molecule has 0 aliphatic rings. The molecule has 0 fully saturated rings. The summed E-state index contributed by atoms with van der Waals surface area (Å²) in [5.74, 6) is 0.423. The highest BCUT2D eigenvalue weighted by atomic mass is 19.1. The number of imidazole rings is 1. The third kappa shape index (κ3) is 2.53. The molecule has 1 N–H and O–H groups in total. The molecule has 4 heteroatoms. The van der Waals surface area contributed by atoms with Gasteiger partial charge in [0.1, 0.15) is 11.6 Å². The van der Waals surface area contributed by atoms with Crippen LogP contribution in [0, 0.1) is 5.82 Å². The molecule has 1 aromatic heterocycles. The van der Waals surface area contributed by atoms with Gasteiger partial charge >= 0.3 is 0 Å². The van der Waals surface area contributed by atoms with Crippen LogP contribution in [0.1, 0.15) is 12.5 Å². The van der Waals surface area contributed by atoms with Gasteiger partial charge in [-0.3, -0.25) is 0 Å². The molecule has 0 aliphatic carbocycles. The molecule has 0 radical (unpaired) electrons. The summed E-state index contributed by atoms with van der Waals surface area (Å²) in [7, 11) is 1.86. The molecule has 0 bridgehead atoms. The monoisotopic (exact) mass is 233 g/mol. The van der Waals surface area contributed by atoms with Crippen molar-refractivity contribution in [1.82, 2.24) is 14.9 Å². The van der Waals surface area contributed by atoms with E-state index in [0.29, 0.717) is 17.9 Å². The second-order valence-corrected chi connectivity index (χ2v) is 3.96. The van der Waals surface area contributed by atoms with Crippen LogP contribution in [0.25, 0.3) is 11.4 Å². The van der Waals surface area contributed by atoms with E-state index in [1.165, 1.54) is 0 Å². The van der Waals surface area contributed by atoms with E-state index in [0.717, 1.165) is 12.1 Å². The van der Waals surface area contributed by atoms with Crippen LogP contribution in [0.2, 0.25) is 0 Å². The van der Waals surface area contributed by atoms with Crippen LogP contribution in [-0.4, -0.2) is 16.1 Å². The fourth-order valence-electron chi connectivity index (χ4n) is 1.74. The van der Waals surface area contributed by atoms with Gasteiger partial charge in [0.05, 0.1) is 5.56 Å². The molecule has 3 nitrogen and oxygen atoms in total. The predicted molar refractivity (Wildman–Crippen MR) is 66.0 cm³/mol. The molecule has 1 aromatic carbocycles. The van der Waals surface area contributed by atoms with Crippen LogP contribution < -0.4 is 5.32 Å². The third-order valence-electron chi connectivity index (χ3n) is 2.67. The highest BCUT2D eigenvalue weighted by Gasteiger charge is 2.09. The molecule has 17 heavy (non-hydrogen) atoms. The summed E-state index contributed by atoms with van der Waals surface area (Å²) in [5, 5.41) is 3.17. The van der Waals surface area contributed by atoms with Crippen LogP contribution in [0.3, 0.4) is 0 Å². The molecular formula is C13H16FN3. The van der Waals surface area contributed by atoms with E-state index in [1.54, 1.807) is 24.5 Å². The Balaban J connectivity index is 2.29. The van der Waals surface area contributed by atoms with E-state index >= 15 is 0 Å². The summed E-state index contributed by atoms with van der Waals surface area (Å²) < 4.78 is 15.7. The lowest BCUT2D eigenvalue weighted by Gasteiger charge is -2.06. The van der Waals surface area contributed by atoms with Crippen molar-refractivity contribution in [3.05, 3.63) is 42.0 Å². The largest absolute Gasteiger partial charge is 0.334 e. The number of rotatable bonds is 4. The van der Waals surface area contributed by atoms with E-state index < -0.39 is 0 Å². The average Bonchev–Trinajstić information content (AvgIpc) is 2.73. The van der Waals surface area contributed by atoms with Crippen molar-refractivity contribution in [2.75, 3.05) is 6.54 Å². The highest BCUT2D eigenvalue weighted by Crippen LogP contribution is 2.21. The van der Waals surface area contributed by atoms with Gasteiger partial charge in [0.2, 0.25) is 0 Å². The number of aromatic nitrogens is 2. The van der Waals surface area contributed by atoms with Crippen molar-refractivity contribution in [3.63, 3.8) is 0 Å². The van der Waals surface area contributed by atoms with Crippen LogP contribution in [0.4, 0.5) is 4.39 Å². The van der Waals surface area contributed by atoms with Gasteiger partial charge in [-0.2, -0.15) is 0 Å². The minimum absolute atomic E-state index is 0.227. The number of nitrogens with one attached hydrogen (secondary N) is 1. The Kier molecular flexibility index (Phi) is 3.54. The van der Waals surface area contributed by atoms with Gasteiger partial charge in [0, 0.05) is 26.0 Å². The van der Waals surface area contributed by atoms with E-state index in [9.17, 15) is 4.39 Å². The van der Waals surface area contributed by atoms with Gasteiger partial charge in [-0.25, -0.2) is 9.37 Å². The first-order valence-electron chi connectivity index (χ1n) is 5.69. The molecule has 0 atom stereocenters. The van der Waals surface area contributed by atoms with Crippen molar-refractivity contribution in [3.8, 4) is 11.4 Å². The molecule has 90 valence electrons. The Bertz CT molecular complexity index is 505. The zero-order valence-electron chi connectivity index (χ0n) is 10.1. The summed E-state index contributed by atoms with van der Waals surface area (Å²) in [6, 6.07) is 5.27. The van der Waals surface area contributed by atoms with Crippen molar-refractivity contribution in [1.29, 1.82) is 0 Å². The molecule has 2 aromatic rings. The number of hydrogen-bond acceptors (Lipinski definition) is 2. The third-order valence-corrected chi connectivity index (χ3v) is 2.67. The number of hydrogen-bond donors (Lipinski definition) is 1. The van der Waals surface area contributed by atoms with E-state index in [2.05, 4.69) is 10.3 Å². The number of aryl methyl sites for hydroxylation is 1. The number of halogens is 1. The van der Waals surface area contributed by atoms with Crippen molar-refractivity contribution < 1.29 is 4.39 Å². The fraction of sp³-hybridized carbons (Fsp3) is 0.308. The minimum Gasteiger partial charge on any atom is -0.334 e. The van der Waals surface area contributed by atoms with Crippen molar-refractivity contribution >= 4 is 0 Å². The summed E-state index contributed by atoms with van der Waals surface area (Å²) >= 11 is 0. The first-order chi connectivity index (χ1) is 8.22. The molecule has 0 saturated heterocycles. The SMILES string of the molecule is CCNCc1ccc(-c2nccn2C)c(F)c1. The van der Waals surface area contributed by atoms with Gasteiger partial charge in [-0.1, -0.05) is 13.0 Å². The van der Waals surface area contributed by atoms with Crippen molar-refractivity contribution in [2.45, 2.75) is 13.5 Å². The molecule has 1 heterocycles. The van der Waals surface area contributed by atoms with Gasteiger partial charge in [0.25, 0.3) is 0 Å². The second-order valence-electron chi connectivity index (χ2n) is 3.96. The minimum atomic E-state index is -0.227. The zero-order chi connectivity index (χ0) is 12.3. The topological polar surface area (TPSA) is 29.9 Å². The summed E-state index contributed by atoms with van der Waals surface area (Å²) in [4.78, 5) is 4.15. The van der Waals surface area contributed by atoms with Crippen LogP contribution in [0.15, 0.2) is 30.6 Å². The lowest BCUT2D eigenvalue weighted by molar-refractivity contribution is 0.623. The van der Waals surface area contributed by atoms with E-state index in [4.69, 9.17) is 0 Å². The van der Waals surface area contributed by atoms with E-state index in [1.807, 2.05) is 24.6 Å². The summed E-state index contributed by atoms with van der Waals surface area (Å²) in [6.07, 6.45) is 3.47. The smallest absolute Gasteiger partial charge is 0.142 e. The first-order valence-corrected chi connectivity index (χ1v) is 5.69. The maximum atomic E-state index is 13.9. The lowest BCUT2D eigenvalue weighted by atomic mass is 10.1. The average molecular weight is 233 g/mol. The summed E-state index contributed by atoms with van der Waals surface area (Å²) in [5.41, 5.74) is 1.49. The fourth-order valence-corrected chi connectivity index (χ4v) is 1.74. The Hall–Kier alpha value is -1.68. The Morgan fingerprint density at radius 2 is 2.24 bits per heavy atom. The molecule has 0 amide bonds. The number of benzene rings is 1. The standard InChI is InChI=1S/C13H16FN3/c1-3-15-9-10-4-5-11(12(14)8-10)13-16-6-7-17(13)2/h4-8,15H,3,9H2,1-2H3. The van der Waals surface area contributed by atoms with Gasteiger partial charge < -0.3 is 9.88 Å². The van der Waals surface area contributed by atoms with Crippen molar-refractivity contribution in [2.24, 2.45) is 7.05 Å². The maximum absolute atomic E-state index is 13.9. The van der Waals surface area contributed by atoms with Gasteiger partial charge in [-0.15, -0.1) is 0 Å². The molecular weight excluding hydrogens is 217 g/mol. The highest BCUT2D eigenvalue weighted by molar-refractivity contribution is 5.57. The Labute approximate surface area is 100 Å².